The van der Waals surface area contributed by atoms with Crippen LogP contribution in [0, 0.1) is 0 Å². The molecule has 0 saturated heterocycles. The largest absolute Gasteiger partial charge is 0.424 e. The van der Waals surface area contributed by atoms with E-state index in [-0.39, 0.29) is 0 Å². The molecule has 0 bridgehead atoms. The summed E-state index contributed by atoms with van der Waals surface area (Å²) in [5.74, 6) is 0. The van der Waals surface area contributed by atoms with Gasteiger partial charge in [0.25, 0.3) is 0 Å². The van der Waals surface area contributed by atoms with Crippen molar-refractivity contribution in [3.8, 4) is 0 Å². The molecule has 0 saturated carbocycles. The first-order chi connectivity index (χ1) is 11.3. The zero-order valence-corrected chi connectivity index (χ0v) is 14.4. The van der Waals surface area contributed by atoms with Crippen LogP contribution in [0.1, 0.15) is 13.8 Å². The Kier molecular flexibility index (Phi) is 3.77. The Morgan fingerprint density at radius 1 is 0.739 bits per heavy atom. The highest BCUT2D eigenvalue weighted by atomic mass is 28.3. The van der Waals surface area contributed by atoms with Gasteiger partial charge in [0.05, 0.1) is 0 Å². The molecule has 0 fully saturated rings. The molecule has 0 spiro atoms. The Balaban J connectivity index is 2.11. The van der Waals surface area contributed by atoms with Crippen molar-refractivity contribution in [3.05, 3.63) is 54.6 Å². The van der Waals surface area contributed by atoms with Crippen LogP contribution < -0.4 is 5.19 Å². The topological polar surface area (TPSA) is 18.5 Å². The third kappa shape index (κ3) is 2.32. The minimum atomic E-state index is -1.47. The van der Waals surface area contributed by atoms with Crippen LogP contribution >= 0.6 is 0 Å². The van der Waals surface area contributed by atoms with Crippen LogP contribution in [-0.4, -0.2) is 22.5 Å². The second kappa shape index (κ2) is 5.93. The minimum absolute atomic E-state index is 0.674. The highest BCUT2D eigenvalue weighted by Crippen LogP contribution is 2.33. The molecule has 2 nitrogen and oxygen atoms in total. The number of hydrogen-bond acceptors (Lipinski definition) is 2. The van der Waals surface area contributed by atoms with Gasteiger partial charge in [-0.05, 0) is 52.2 Å². The Labute approximate surface area is 137 Å². The van der Waals surface area contributed by atoms with Crippen molar-refractivity contribution < 1.29 is 8.85 Å². The van der Waals surface area contributed by atoms with Gasteiger partial charge in [-0.2, -0.15) is 0 Å². The van der Waals surface area contributed by atoms with E-state index in [0.717, 1.165) is 0 Å². The van der Waals surface area contributed by atoms with Gasteiger partial charge in [0.2, 0.25) is 0 Å². The monoisotopic (exact) mass is 319 g/mol. The molecule has 0 aliphatic rings. The van der Waals surface area contributed by atoms with Crippen molar-refractivity contribution in [2.45, 2.75) is 13.8 Å². The maximum absolute atomic E-state index is 5.98. The van der Waals surface area contributed by atoms with E-state index in [1.165, 1.54) is 37.5 Å². The maximum Gasteiger partial charge on any atom is 0.424 e. The lowest BCUT2D eigenvalue weighted by Crippen LogP contribution is -2.37. The molecular weight excluding hydrogens is 300 g/mol. The number of benzene rings is 4. The smallest absolute Gasteiger partial charge is 0.390 e. The van der Waals surface area contributed by atoms with Gasteiger partial charge in [-0.15, -0.1) is 0 Å². The van der Waals surface area contributed by atoms with Crippen LogP contribution in [0.4, 0.5) is 0 Å². The Morgan fingerprint density at radius 2 is 1.35 bits per heavy atom. The average molecular weight is 319 g/mol. The molecular formula is C20H19O2Si. The predicted octanol–water partition coefficient (Wildman–Crippen LogP) is 4.35. The fraction of sp³-hybridized carbons (Fsp3) is 0.200. The molecule has 0 unspecified atom stereocenters. The molecule has 1 radical (unpaired) electrons. The van der Waals surface area contributed by atoms with Crippen molar-refractivity contribution in [1.29, 1.82) is 0 Å². The third-order valence-corrected chi connectivity index (χ3v) is 6.23. The van der Waals surface area contributed by atoms with Gasteiger partial charge in [-0.25, -0.2) is 0 Å². The fourth-order valence-corrected chi connectivity index (χ4v) is 5.01. The SMILES string of the molecule is CCO[Si](OCC)c1cc2cccc3ccc4cccc1c4c32. The quantitative estimate of drug-likeness (QED) is 0.402. The molecule has 3 heteroatoms. The molecule has 4 aromatic carbocycles. The van der Waals surface area contributed by atoms with E-state index in [1.54, 1.807) is 0 Å². The molecule has 4 rings (SSSR count). The molecule has 0 aliphatic carbocycles. The fourth-order valence-electron chi connectivity index (χ4n) is 3.39. The van der Waals surface area contributed by atoms with E-state index < -0.39 is 9.28 Å². The zero-order valence-electron chi connectivity index (χ0n) is 13.4. The molecule has 115 valence electrons. The van der Waals surface area contributed by atoms with Crippen LogP contribution in [-0.2, 0) is 8.85 Å². The van der Waals surface area contributed by atoms with E-state index in [4.69, 9.17) is 8.85 Å². The Morgan fingerprint density at radius 3 is 2.04 bits per heavy atom. The summed E-state index contributed by atoms with van der Waals surface area (Å²) in [5, 5.41) is 9.00. The standard InChI is InChI=1S/C20H19O2Si/c1-3-21-23(22-4-2)18-13-16-9-5-7-14-11-12-15-8-6-10-17(18)20(15)19(14)16/h5-13H,3-4H2,1-2H3. The molecule has 0 aromatic heterocycles. The molecule has 0 heterocycles. The average Bonchev–Trinajstić information content (AvgIpc) is 2.59. The molecule has 0 aliphatic heterocycles. The molecule has 0 amide bonds. The first kappa shape index (κ1) is 14.6. The van der Waals surface area contributed by atoms with Gasteiger partial charge in [0.15, 0.2) is 0 Å². The molecule has 0 atom stereocenters. The lowest BCUT2D eigenvalue weighted by atomic mass is 9.94. The Hall–Kier alpha value is -1.94. The van der Waals surface area contributed by atoms with Gasteiger partial charge in [-0.1, -0.05) is 48.5 Å². The summed E-state index contributed by atoms with van der Waals surface area (Å²) in [5.41, 5.74) is 0. The second-order valence-electron chi connectivity index (χ2n) is 5.63. The third-order valence-electron chi connectivity index (χ3n) is 4.28. The zero-order chi connectivity index (χ0) is 15.8. The summed E-state index contributed by atoms with van der Waals surface area (Å²) in [6.45, 7) is 5.41. The van der Waals surface area contributed by atoms with E-state index in [1.807, 2.05) is 13.8 Å². The van der Waals surface area contributed by atoms with Gasteiger partial charge >= 0.3 is 9.28 Å². The van der Waals surface area contributed by atoms with Crippen LogP contribution in [0.3, 0.4) is 0 Å². The van der Waals surface area contributed by atoms with E-state index in [0.29, 0.717) is 13.2 Å². The summed E-state index contributed by atoms with van der Waals surface area (Å²) in [4.78, 5) is 0. The number of rotatable bonds is 5. The summed E-state index contributed by atoms with van der Waals surface area (Å²) < 4.78 is 12.0. The van der Waals surface area contributed by atoms with Crippen molar-refractivity contribution in [1.82, 2.24) is 0 Å². The lowest BCUT2D eigenvalue weighted by molar-refractivity contribution is 0.225. The first-order valence-corrected chi connectivity index (χ1v) is 9.44. The predicted molar refractivity (Wildman–Crippen MR) is 98.8 cm³/mol. The van der Waals surface area contributed by atoms with E-state index >= 15 is 0 Å². The summed E-state index contributed by atoms with van der Waals surface area (Å²) in [6, 6.07) is 19.7. The molecule has 0 N–H and O–H groups in total. The first-order valence-electron chi connectivity index (χ1n) is 8.13. The van der Waals surface area contributed by atoms with Gasteiger partial charge < -0.3 is 8.85 Å². The van der Waals surface area contributed by atoms with Gasteiger partial charge in [0, 0.05) is 18.4 Å². The van der Waals surface area contributed by atoms with Gasteiger partial charge in [0.1, 0.15) is 0 Å². The summed E-state index contributed by atoms with van der Waals surface area (Å²) >= 11 is 0. The highest BCUT2D eigenvalue weighted by molar-refractivity contribution is 6.65. The highest BCUT2D eigenvalue weighted by Gasteiger charge is 2.23. The molecule has 4 aromatic rings. The van der Waals surface area contributed by atoms with Crippen molar-refractivity contribution in [3.63, 3.8) is 0 Å². The van der Waals surface area contributed by atoms with Crippen LogP contribution in [0.25, 0.3) is 32.3 Å². The number of hydrogen-bond donors (Lipinski definition) is 0. The summed E-state index contributed by atoms with van der Waals surface area (Å²) in [7, 11) is -1.47. The van der Waals surface area contributed by atoms with Crippen LogP contribution in [0.5, 0.6) is 0 Å². The van der Waals surface area contributed by atoms with Crippen molar-refractivity contribution in [2.75, 3.05) is 13.2 Å². The van der Waals surface area contributed by atoms with E-state index in [9.17, 15) is 0 Å². The van der Waals surface area contributed by atoms with Crippen LogP contribution in [0.2, 0.25) is 0 Å². The van der Waals surface area contributed by atoms with Crippen molar-refractivity contribution >= 4 is 46.8 Å². The lowest BCUT2D eigenvalue weighted by Gasteiger charge is -2.19. The Bertz CT molecular complexity index is 958. The second-order valence-corrected chi connectivity index (χ2v) is 7.32. The van der Waals surface area contributed by atoms with E-state index in [2.05, 4.69) is 54.6 Å². The van der Waals surface area contributed by atoms with Gasteiger partial charge in [-0.3, -0.25) is 0 Å². The van der Waals surface area contributed by atoms with Crippen molar-refractivity contribution in [2.24, 2.45) is 0 Å². The maximum atomic E-state index is 5.98. The summed E-state index contributed by atoms with van der Waals surface area (Å²) in [6.07, 6.45) is 0. The van der Waals surface area contributed by atoms with Crippen LogP contribution in [0.15, 0.2) is 54.6 Å². The minimum Gasteiger partial charge on any atom is -0.390 e. The molecule has 23 heavy (non-hydrogen) atoms. The normalized spacial score (nSPS) is 12.1.